The molecule has 3 fully saturated rings. The summed E-state index contributed by atoms with van der Waals surface area (Å²) in [4.78, 5) is 86.7. The highest BCUT2D eigenvalue weighted by molar-refractivity contribution is 5.76. The minimum Gasteiger partial charge on any atom is -0.463 e. The van der Waals surface area contributed by atoms with Gasteiger partial charge in [-0.25, -0.2) is 4.79 Å². The molecule has 1 aromatic rings. The lowest BCUT2D eigenvalue weighted by Crippen LogP contribution is -2.59. The van der Waals surface area contributed by atoms with Crippen molar-refractivity contribution in [3.05, 3.63) is 35.9 Å². The second kappa shape index (κ2) is 51.8. The van der Waals surface area contributed by atoms with E-state index in [2.05, 4.69) is 83.6 Å². The van der Waals surface area contributed by atoms with E-state index in [1.165, 1.54) is 20.8 Å². The van der Waals surface area contributed by atoms with Crippen molar-refractivity contribution in [2.45, 2.75) is 152 Å². The molecule has 15 atom stereocenters. The quantitative estimate of drug-likeness (QED) is 0.0380. The summed E-state index contributed by atoms with van der Waals surface area (Å²) in [5.41, 5.74) is -0.705. The Hall–Kier alpha value is -5.29. The molecule has 0 bridgehead atoms. The molecule has 4 amide bonds. The Balaban J connectivity index is 1.20. The molecule has 15 unspecified atom stereocenters. The Kier molecular flexibility index (Phi) is 45.3. The van der Waals surface area contributed by atoms with Crippen molar-refractivity contribution in [1.29, 1.82) is 0 Å². The summed E-state index contributed by atoms with van der Waals surface area (Å²) in [7, 11) is 0. The van der Waals surface area contributed by atoms with E-state index in [0.717, 1.165) is 5.56 Å². The van der Waals surface area contributed by atoms with Crippen molar-refractivity contribution in [1.82, 2.24) is 21.3 Å². The molecule has 30 heteroatoms. The minimum atomic E-state index is -1.44. The summed E-state index contributed by atoms with van der Waals surface area (Å²) in [6, 6.07) is 9.09. The summed E-state index contributed by atoms with van der Waals surface area (Å²) in [6.45, 7) is 27.6. The lowest BCUT2D eigenvalue weighted by molar-refractivity contribution is -0.258. The molecule has 3 heterocycles. The first-order chi connectivity index (χ1) is 49.0. The smallest absolute Gasteiger partial charge is 0.408 e. The van der Waals surface area contributed by atoms with Gasteiger partial charge in [-0.1, -0.05) is 92.6 Å². The van der Waals surface area contributed by atoms with Crippen molar-refractivity contribution in [2.75, 3.05) is 178 Å². The third-order valence-corrected chi connectivity index (χ3v) is 18.8. The molecule has 102 heavy (non-hydrogen) atoms. The number of alkyl carbamates (subject to hydrolysis) is 1. The van der Waals surface area contributed by atoms with Crippen LogP contribution in [0.25, 0.3) is 0 Å². The van der Waals surface area contributed by atoms with E-state index in [4.69, 9.17) is 90.0 Å². The van der Waals surface area contributed by atoms with E-state index >= 15 is 0 Å². The Labute approximate surface area is 603 Å². The number of carbonyl (C=O) groups is 7. The Morgan fingerprint density at radius 3 is 0.951 bits per heavy atom. The van der Waals surface area contributed by atoms with Crippen molar-refractivity contribution >= 4 is 41.7 Å². The van der Waals surface area contributed by atoms with Crippen molar-refractivity contribution < 1.29 is 124 Å². The van der Waals surface area contributed by atoms with Crippen molar-refractivity contribution in [3.8, 4) is 0 Å². The molecule has 0 saturated carbocycles. The maximum atomic E-state index is 13.6. The van der Waals surface area contributed by atoms with Crippen LogP contribution in [0, 0.1) is 53.3 Å². The first-order valence-electron chi connectivity index (χ1n) is 36.2. The van der Waals surface area contributed by atoms with E-state index in [9.17, 15) is 33.6 Å². The lowest BCUT2D eigenvalue weighted by Gasteiger charge is -2.43. The summed E-state index contributed by atoms with van der Waals surface area (Å²) in [6.07, 6.45) is -3.12. The van der Waals surface area contributed by atoms with Gasteiger partial charge >= 0.3 is 24.0 Å². The predicted octanol–water partition coefficient (Wildman–Crippen LogP) is 4.96. The number of carbonyl (C=O) groups excluding carboxylic acids is 7. The molecule has 0 spiro atoms. The van der Waals surface area contributed by atoms with Gasteiger partial charge in [0.25, 0.3) is 0 Å². The zero-order valence-corrected chi connectivity index (χ0v) is 62.6. The molecule has 4 rings (SSSR count). The number of esters is 3. The van der Waals surface area contributed by atoms with Crippen molar-refractivity contribution in [2.24, 2.45) is 53.3 Å². The monoisotopic (exact) mass is 1460 g/mol. The number of benzene rings is 1. The topological polar surface area (TPSA) is 343 Å². The van der Waals surface area contributed by atoms with Crippen LogP contribution in [0.3, 0.4) is 0 Å². The van der Waals surface area contributed by atoms with Crippen LogP contribution in [0.15, 0.2) is 30.3 Å². The van der Waals surface area contributed by atoms with Crippen LogP contribution in [0.4, 0.5) is 4.79 Å². The van der Waals surface area contributed by atoms with Crippen LogP contribution in [-0.2, 0) is 125 Å². The summed E-state index contributed by atoms with van der Waals surface area (Å²) in [5.74, 6) is -0.168. The number of hydrogen-bond donors (Lipinski definition) is 4. The van der Waals surface area contributed by atoms with Crippen LogP contribution in [-0.4, -0.2) is 263 Å². The molecular formula is C72H122N4O26. The van der Waals surface area contributed by atoms with Crippen LogP contribution >= 0.6 is 0 Å². The summed E-state index contributed by atoms with van der Waals surface area (Å²) in [5, 5.41) is 11.3. The molecule has 30 nitrogen and oxygen atoms in total. The van der Waals surface area contributed by atoms with Gasteiger partial charge in [-0.2, -0.15) is 0 Å². The highest BCUT2D eigenvalue weighted by Gasteiger charge is 2.43. The van der Waals surface area contributed by atoms with Crippen LogP contribution in [0.1, 0.15) is 108 Å². The summed E-state index contributed by atoms with van der Waals surface area (Å²) >= 11 is 0. The minimum absolute atomic E-state index is 0.0449. The van der Waals surface area contributed by atoms with Gasteiger partial charge in [-0.15, -0.1) is 0 Å². The SMILES string of the molecule is CC(=O)OCC1OC(OCCOCCOCCNC(=O)CCOCC(COCCC(=O)NCCOCCOCCOC2OC(COC(C)=O)C(C)C(C)C2C)(COCCC(=O)NCCOCCOCCOC2OC(COC(C)=O)C(C)C(C)C2C)NC(=O)OCc2ccccc2)C(C)C(C)C1C. The molecule has 3 aliphatic heterocycles. The molecule has 0 aliphatic carbocycles. The largest absolute Gasteiger partial charge is 0.463 e. The first-order valence-corrected chi connectivity index (χ1v) is 36.2. The zero-order chi connectivity index (χ0) is 74.5. The normalized spacial score (nSPS) is 25.5. The van der Waals surface area contributed by atoms with E-state index in [0.29, 0.717) is 77.2 Å². The predicted molar refractivity (Wildman–Crippen MR) is 369 cm³/mol. The first kappa shape index (κ1) is 89.1. The molecule has 3 aliphatic rings. The molecule has 1 aromatic carbocycles. The fraction of sp³-hybridized carbons (Fsp3) is 0.819. The Morgan fingerprint density at radius 1 is 0.353 bits per heavy atom. The zero-order valence-electron chi connectivity index (χ0n) is 62.6. The number of amides is 4. The van der Waals surface area contributed by atoms with Crippen LogP contribution < -0.4 is 21.3 Å². The number of nitrogens with one attached hydrogen (secondary N) is 4. The van der Waals surface area contributed by atoms with Gasteiger partial charge in [0.2, 0.25) is 17.7 Å². The van der Waals surface area contributed by atoms with Gasteiger partial charge < -0.3 is 111 Å². The van der Waals surface area contributed by atoms with Gasteiger partial charge in [0.15, 0.2) is 18.9 Å². The van der Waals surface area contributed by atoms with Gasteiger partial charge in [0.05, 0.1) is 157 Å². The van der Waals surface area contributed by atoms with Gasteiger partial charge in [0.1, 0.15) is 32.0 Å². The van der Waals surface area contributed by atoms with E-state index in [1.54, 1.807) is 12.1 Å². The number of ether oxygens (including phenoxy) is 19. The van der Waals surface area contributed by atoms with Crippen LogP contribution in [0.2, 0.25) is 0 Å². The highest BCUT2D eigenvalue weighted by Crippen LogP contribution is 2.38. The second-order valence-electron chi connectivity index (χ2n) is 26.5. The second-order valence-corrected chi connectivity index (χ2v) is 26.5. The highest BCUT2D eigenvalue weighted by atomic mass is 16.7. The fourth-order valence-electron chi connectivity index (χ4n) is 11.4. The lowest BCUT2D eigenvalue weighted by atomic mass is 9.79. The Bertz CT molecular complexity index is 2270. The average molecular weight is 1460 g/mol. The average Bonchev–Trinajstić information content (AvgIpc) is 0.834. The maximum absolute atomic E-state index is 13.6. The standard InChI is InChI=1S/C72H122N4O26/c1-49-52(4)62(43-96-58(10)77)100-68(55(49)7)93-39-36-87-33-30-84-27-21-73-65(80)18-24-90-46-72(76-71(83)99-42-61-16-14-13-15-17-61,47-91-25-19-66(81)74-22-28-85-31-34-88-37-40-94-69-56(8)50(2)53(5)63(101-69)44-97-59(11)78)48-92-26-20-67(82)75-23-29-86-32-35-89-38-41-95-70-57(9)51(3)54(6)64(102-70)45-98-60(12)79/h13-17,49-57,62-64,68-70H,18-48H2,1-12H3,(H,73,80)(H,74,81)(H,75,82)(H,76,83). The van der Waals surface area contributed by atoms with E-state index in [1.807, 2.05) is 18.2 Å². The molecule has 3 saturated heterocycles. The van der Waals surface area contributed by atoms with Gasteiger partial charge in [0, 0.05) is 77.4 Å². The van der Waals surface area contributed by atoms with Crippen LogP contribution in [0.5, 0.6) is 0 Å². The number of hydrogen-bond acceptors (Lipinski definition) is 26. The molecule has 4 N–H and O–H groups in total. The molecule has 0 aromatic heterocycles. The Morgan fingerprint density at radius 2 is 0.647 bits per heavy atom. The maximum Gasteiger partial charge on any atom is 0.408 e. The fourth-order valence-corrected chi connectivity index (χ4v) is 11.4. The van der Waals surface area contributed by atoms with Crippen molar-refractivity contribution in [3.63, 3.8) is 0 Å². The molecule has 586 valence electrons. The number of rotatable bonds is 54. The van der Waals surface area contributed by atoms with E-state index < -0.39 is 30.5 Å². The third kappa shape index (κ3) is 36.6. The third-order valence-electron chi connectivity index (χ3n) is 18.8. The summed E-state index contributed by atoms with van der Waals surface area (Å²) < 4.78 is 110. The molecule has 0 radical (unpaired) electrons. The van der Waals surface area contributed by atoms with Gasteiger partial charge in [-0.05, 0) is 41.1 Å². The van der Waals surface area contributed by atoms with Gasteiger partial charge in [-0.3, -0.25) is 28.8 Å². The molecular weight excluding hydrogens is 1340 g/mol. The van der Waals surface area contributed by atoms with E-state index in [-0.39, 0.29) is 234 Å².